The Hall–Kier alpha value is -1.36. The number of carbonyl (C=O) groups is 1. The number of H-pyrrole nitrogens is 1. The van der Waals surface area contributed by atoms with Crippen molar-refractivity contribution in [2.75, 3.05) is 19.6 Å². The quantitative estimate of drug-likeness (QED) is 0.778. The van der Waals surface area contributed by atoms with Gasteiger partial charge in [0.25, 0.3) is 0 Å². The molecule has 1 aromatic rings. The van der Waals surface area contributed by atoms with Crippen LogP contribution in [-0.4, -0.2) is 35.5 Å². The average Bonchev–Trinajstić information content (AvgIpc) is 3.16. The number of hydrogen-bond donors (Lipinski definition) is 3. The lowest BCUT2D eigenvalue weighted by Gasteiger charge is -2.39. The first-order valence-electron chi connectivity index (χ1n) is 8.65. The lowest BCUT2D eigenvalue weighted by Crippen LogP contribution is -2.44. The van der Waals surface area contributed by atoms with Crippen LogP contribution in [0.1, 0.15) is 44.7 Å². The van der Waals surface area contributed by atoms with Crippen LogP contribution < -0.4 is 10.6 Å². The summed E-state index contributed by atoms with van der Waals surface area (Å²) < 4.78 is 0. The summed E-state index contributed by atoms with van der Waals surface area (Å²) in [6.45, 7) is 5.12. The normalized spacial score (nSPS) is 25.2. The van der Waals surface area contributed by atoms with E-state index >= 15 is 0 Å². The molecule has 1 amide bonds. The van der Waals surface area contributed by atoms with Crippen molar-refractivity contribution in [2.45, 2.75) is 45.4 Å². The third-order valence-electron chi connectivity index (χ3n) is 5.74. The van der Waals surface area contributed by atoms with Gasteiger partial charge >= 0.3 is 0 Å². The van der Waals surface area contributed by atoms with Crippen molar-refractivity contribution < 1.29 is 4.79 Å². The highest BCUT2D eigenvalue weighted by Crippen LogP contribution is 2.49. The summed E-state index contributed by atoms with van der Waals surface area (Å²) in [6, 6.07) is 0. The molecule has 2 fully saturated rings. The van der Waals surface area contributed by atoms with Crippen molar-refractivity contribution >= 4 is 5.91 Å². The maximum Gasteiger partial charge on any atom is 0.223 e. The number of aromatic amines is 1. The van der Waals surface area contributed by atoms with E-state index in [9.17, 15) is 4.79 Å². The molecule has 1 saturated heterocycles. The molecule has 0 aromatic carbocycles. The molecule has 1 spiro atoms. The predicted octanol–water partition coefficient (Wildman–Crippen LogP) is 1.87. The summed E-state index contributed by atoms with van der Waals surface area (Å²) in [5.74, 6) is 0.828. The first-order valence-corrected chi connectivity index (χ1v) is 8.65. The molecule has 1 aromatic heterocycles. The summed E-state index contributed by atoms with van der Waals surface area (Å²) in [4.78, 5) is 19.4. The van der Waals surface area contributed by atoms with Crippen LogP contribution in [0, 0.1) is 17.3 Å². The summed E-state index contributed by atoms with van der Waals surface area (Å²) in [5.41, 5.74) is 1.52. The van der Waals surface area contributed by atoms with E-state index in [0.29, 0.717) is 11.3 Å². The van der Waals surface area contributed by atoms with Gasteiger partial charge in [-0.3, -0.25) is 4.79 Å². The minimum atomic E-state index is -0.00849. The fraction of sp³-hybridized carbons (Fsp3) is 0.765. The number of carbonyl (C=O) groups excluding carboxylic acids is 1. The van der Waals surface area contributed by atoms with Gasteiger partial charge in [0.2, 0.25) is 5.91 Å². The zero-order valence-electron chi connectivity index (χ0n) is 13.5. The molecule has 2 unspecified atom stereocenters. The van der Waals surface area contributed by atoms with E-state index in [1.165, 1.54) is 32.1 Å². The lowest BCUT2D eigenvalue weighted by atomic mass is 9.71. The van der Waals surface area contributed by atoms with E-state index in [1.807, 2.05) is 6.92 Å². The standard InChI is InChI=1S/C17H28N4O/c1-13(9-15-11-19-12-21-15)16(22)20-10-14-3-2-4-17(14)5-7-18-8-6-17/h11-14,18H,2-10H2,1H3,(H,19,21)(H,20,22). The molecular weight excluding hydrogens is 276 g/mol. The van der Waals surface area contributed by atoms with E-state index < -0.39 is 0 Å². The Balaban J connectivity index is 1.49. The second-order valence-electron chi connectivity index (χ2n) is 7.13. The second kappa shape index (κ2) is 6.82. The highest BCUT2D eigenvalue weighted by Gasteiger charge is 2.43. The number of amides is 1. The molecule has 122 valence electrons. The molecular formula is C17H28N4O. The summed E-state index contributed by atoms with van der Waals surface area (Å²) in [6.07, 6.45) is 10.7. The number of piperidine rings is 1. The molecule has 2 atom stereocenters. The average molecular weight is 304 g/mol. The molecule has 0 radical (unpaired) electrons. The van der Waals surface area contributed by atoms with Gasteiger partial charge in [-0.1, -0.05) is 13.3 Å². The molecule has 3 rings (SSSR count). The molecule has 0 bridgehead atoms. The van der Waals surface area contributed by atoms with Crippen LogP contribution in [0.4, 0.5) is 0 Å². The monoisotopic (exact) mass is 304 g/mol. The molecule has 22 heavy (non-hydrogen) atoms. The molecule has 1 saturated carbocycles. The van der Waals surface area contributed by atoms with Crippen LogP contribution in [0.25, 0.3) is 0 Å². The van der Waals surface area contributed by atoms with Crippen molar-refractivity contribution in [3.05, 3.63) is 18.2 Å². The smallest absolute Gasteiger partial charge is 0.223 e. The van der Waals surface area contributed by atoms with Gasteiger partial charge in [-0.25, -0.2) is 4.98 Å². The molecule has 2 aliphatic rings. The van der Waals surface area contributed by atoms with Gasteiger partial charge in [0.1, 0.15) is 0 Å². The molecule has 5 heteroatoms. The minimum Gasteiger partial charge on any atom is -0.356 e. The summed E-state index contributed by atoms with van der Waals surface area (Å²) in [5, 5.41) is 6.68. The van der Waals surface area contributed by atoms with Crippen LogP contribution in [-0.2, 0) is 11.2 Å². The van der Waals surface area contributed by atoms with Crippen molar-refractivity contribution in [3.63, 3.8) is 0 Å². The van der Waals surface area contributed by atoms with E-state index in [1.54, 1.807) is 12.5 Å². The first kappa shape index (κ1) is 15.5. The third-order valence-corrected chi connectivity index (χ3v) is 5.74. The maximum absolute atomic E-state index is 12.3. The zero-order valence-corrected chi connectivity index (χ0v) is 13.5. The number of nitrogens with zero attached hydrogens (tertiary/aromatic N) is 1. The molecule has 1 aliphatic heterocycles. The number of imidazole rings is 1. The number of nitrogens with one attached hydrogen (secondary N) is 3. The van der Waals surface area contributed by atoms with Crippen LogP contribution >= 0.6 is 0 Å². The second-order valence-corrected chi connectivity index (χ2v) is 7.13. The largest absolute Gasteiger partial charge is 0.356 e. The van der Waals surface area contributed by atoms with E-state index in [4.69, 9.17) is 0 Å². The van der Waals surface area contributed by atoms with Crippen molar-refractivity contribution in [1.29, 1.82) is 0 Å². The van der Waals surface area contributed by atoms with Crippen LogP contribution in [0.2, 0.25) is 0 Å². The van der Waals surface area contributed by atoms with Gasteiger partial charge in [0, 0.05) is 30.8 Å². The van der Waals surface area contributed by atoms with Crippen molar-refractivity contribution in [1.82, 2.24) is 20.6 Å². The number of hydrogen-bond acceptors (Lipinski definition) is 3. The van der Waals surface area contributed by atoms with Gasteiger partial charge in [0.15, 0.2) is 0 Å². The predicted molar refractivity (Wildman–Crippen MR) is 86.3 cm³/mol. The number of aromatic nitrogens is 2. The lowest BCUT2D eigenvalue weighted by molar-refractivity contribution is -0.124. The van der Waals surface area contributed by atoms with Gasteiger partial charge in [-0.05, 0) is 50.1 Å². The van der Waals surface area contributed by atoms with Crippen molar-refractivity contribution in [3.8, 4) is 0 Å². The van der Waals surface area contributed by atoms with Crippen molar-refractivity contribution in [2.24, 2.45) is 17.3 Å². The topological polar surface area (TPSA) is 69.8 Å². The number of rotatable bonds is 5. The fourth-order valence-corrected chi connectivity index (χ4v) is 4.33. The SMILES string of the molecule is CC(Cc1cnc[nH]1)C(=O)NCC1CCCC12CCNCC2. The van der Waals surface area contributed by atoms with Gasteiger partial charge in [-0.2, -0.15) is 0 Å². The highest BCUT2D eigenvalue weighted by atomic mass is 16.1. The Labute approximate surface area is 132 Å². The van der Waals surface area contributed by atoms with E-state index in [2.05, 4.69) is 20.6 Å². The molecule has 2 heterocycles. The summed E-state index contributed by atoms with van der Waals surface area (Å²) >= 11 is 0. The fourth-order valence-electron chi connectivity index (χ4n) is 4.33. The van der Waals surface area contributed by atoms with E-state index in [0.717, 1.165) is 31.7 Å². The summed E-state index contributed by atoms with van der Waals surface area (Å²) in [7, 11) is 0. The van der Waals surface area contributed by atoms with Crippen LogP contribution in [0.5, 0.6) is 0 Å². The Morgan fingerprint density at radius 2 is 2.27 bits per heavy atom. The molecule has 5 nitrogen and oxygen atoms in total. The maximum atomic E-state index is 12.3. The molecule has 1 aliphatic carbocycles. The minimum absolute atomic E-state index is 0.00849. The third kappa shape index (κ3) is 3.35. The Bertz CT molecular complexity index is 479. The Kier molecular flexibility index (Phi) is 4.81. The highest BCUT2D eigenvalue weighted by molar-refractivity contribution is 5.78. The first-order chi connectivity index (χ1) is 10.7. The zero-order chi connectivity index (χ0) is 15.4. The Morgan fingerprint density at radius 1 is 1.45 bits per heavy atom. The van der Waals surface area contributed by atoms with Gasteiger partial charge < -0.3 is 15.6 Å². The van der Waals surface area contributed by atoms with Gasteiger partial charge in [0.05, 0.1) is 6.33 Å². The Morgan fingerprint density at radius 3 is 3.00 bits per heavy atom. The van der Waals surface area contributed by atoms with Crippen LogP contribution in [0.3, 0.4) is 0 Å². The van der Waals surface area contributed by atoms with E-state index in [-0.39, 0.29) is 11.8 Å². The van der Waals surface area contributed by atoms with Gasteiger partial charge in [-0.15, -0.1) is 0 Å². The molecule has 3 N–H and O–H groups in total. The van der Waals surface area contributed by atoms with Crippen LogP contribution in [0.15, 0.2) is 12.5 Å².